The van der Waals surface area contributed by atoms with Crippen LogP contribution in [0.25, 0.3) is 0 Å². The molecule has 0 radical (unpaired) electrons. The van der Waals surface area contributed by atoms with Crippen LogP contribution in [0.2, 0.25) is 0 Å². The van der Waals surface area contributed by atoms with Crippen molar-refractivity contribution in [1.29, 1.82) is 0 Å². The highest BCUT2D eigenvalue weighted by Gasteiger charge is 2.24. The van der Waals surface area contributed by atoms with Gasteiger partial charge < -0.3 is 4.74 Å². The molecule has 3 rings (SSSR count). The summed E-state index contributed by atoms with van der Waals surface area (Å²) < 4.78 is 32.0. The Labute approximate surface area is 136 Å². The lowest BCUT2D eigenvalue weighted by molar-refractivity contribution is 0.193. The van der Waals surface area contributed by atoms with Crippen molar-refractivity contribution in [2.45, 2.75) is 37.1 Å². The first-order chi connectivity index (χ1) is 11.1. The zero-order valence-corrected chi connectivity index (χ0v) is 14.0. The summed E-state index contributed by atoms with van der Waals surface area (Å²) in [5.74, 6) is 1.77. The highest BCUT2D eigenvalue weighted by Crippen LogP contribution is 2.23. The van der Waals surface area contributed by atoms with Gasteiger partial charge >= 0.3 is 0 Å². The van der Waals surface area contributed by atoms with Crippen LogP contribution >= 0.6 is 0 Å². The van der Waals surface area contributed by atoms with E-state index in [1.807, 2.05) is 13.0 Å². The van der Waals surface area contributed by atoms with E-state index < -0.39 is 9.84 Å². The summed E-state index contributed by atoms with van der Waals surface area (Å²) in [4.78, 5) is 4.92. The van der Waals surface area contributed by atoms with Crippen molar-refractivity contribution in [3.63, 3.8) is 0 Å². The number of hydrogen-bond donors (Lipinski definition) is 0. The molecule has 1 aliphatic heterocycles. The van der Waals surface area contributed by atoms with E-state index >= 15 is 0 Å². The van der Waals surface area contributed by atoms with Crippen molar-refractivity contribution in [1.82, 2.24) is 14.8 Å². The Hall–Kier alpha value is -1.73. The van der Waals surface area contributed by atoms with Crippen molar-refractivity contribution in [3.8, 4) is 0 Å². The summed E-state index contributed by atoms with van der Waals surface area (Å²) >= 11 is 0. The monoisotopic (exact) mass is 335 g/mol. The predicted octanol–water partition coefficient (Wildman–Crippen LogP) is 1.82. The quantitative estimate of drug-likeness (QED) is 0.805. The van der Waals surface area contributed by atoms with E-state index in [4.69, 9.17) is 4.74 Å². The molecule has 0 saturated carbocycles. The molecule has 0 aliphatic carbocycles. The molecule has 124 valence electrons. The van der Waals surface area contributed by atoms with E-state index in [-0.39, 0.29) is 11.7 Å². The molecule has 1 aliphatic rings. The maximum Gasteiger partial charge on any atom is 0.178 e. The molecule has 0 unspecified atom stereocenters. The van der Waals surface area contributed by atoms with Gasteiger partial charge in [0.15, 0.2) is 15.7 Å². The van der Waals surface area contributed by atoms with Crippen LogP contribution in [0.3, 0.4) is 0 Å². The maximum atomic E-state index is 12.4. The molecule has 0 amide bonds. The fourth-order valence-electron chi connectivity index (χ4n) is 2.71. The first-order valence-corrected chi connectivity index (χ1v) is 9.54. The topological polar surface area (TPSA) is 74.1 Å². The van der Waals surface area contributed by atoms with Crippen molar-refractivity contribution < 1.29 is 13.2 Å². The summed E-state index contributed by atoms with van der Waals surface area (Å²) in [5.41, 5.74) is 0. The Morgan fingerprint density at radius 2 is 2.09 bits per heavy atom. The van der Waals surface area contributed by atoms with E-state index in [2.05, 4.69) is 10.1 Å². The average Bonchev–Trinajstić information content (AvgIpc) is 3.23. The normalized spacial score (nSPS) is 18.4. The van der Waals surface area contributed by atoms with Gasteiger partial charge in [-0.25, -0.2) is 13.4 Å². The third kappa shape index (κ3) is 3.61. The largest absolute Gasteiger partial charge is 0.381 e. The lowest BCUT2D eigenvalue weighted by Gasteiger charge is -2.05. The van der Waals surface area contributed by atoms with Gasteiger partial charge in [0.05, 0.1) is 17.3 Å². The first kappa shape index (κ1) is 16.1. The minimum Gasteiger partial charge on any atom is -0.381 e. The summed E-state index contributed by atoms with van der Waals surface area (Å²) in [6.45, 7) is 4.05. The van der Waals surface area contributed by atoms with Crippen molar-refractivity contribution in [3.05, 3.63) is 42.0 Å². The molecule has 0 N–H and O–H groups in total. The van der Waals surface area contributed by atoms with Crippen molar-refractivity contribution in [2.24, 2.45) is 0 Å². The number of hydrogen-bond acceptors (Lipinski definition) is 5. The first-order valence-electron chi connectivity index (χ1n) is 7.89. The van der Waals surface area contributed by atoms with Crippen LogP contribution < -0.4 is 0 Å². The standard InChI is InChI=1S/C16H21N3O3S/c1-2-19-15(17-16(18-19)13-8-10-22-12-13)9-11-23(20,21)14-6-4-3-5-7-14/h3-7,13H,2,8-12H2,1H3/t13-/m1/s1. The van der Waals surface area contributed by atoms with Crippen LogP contribution in [-0.2, 0) is 27.5 Å². The van der Waals surface area contributed by atoms with E-state index in [1.54, 1.807) is 28.9 Å². The van der Waals surface area contributed by atoms with E-state index in [0.717, 1.165) is 24.7 Å². The van der Waals surface area contributed by atoms with Crippen LogP contribution in [0, 0.1) is 0 Å². The molecule has 1 aromatic carbocycles. The second-order valence-corrected chi connectivity index (χ2v) is 7.75. The zero-order chi connectivity index (χ0) is 16.3. The number of aromatic nitrogens is 3. The Morgan fingerprint density at radius 3 is 2.74 bits per heavy atom. The Kier molecular flexibility index (Phi) is 4.77. The minimum atomic E-state index is -3.30. The van der Waals surface area contributed by atoms with Gasteiger partial charge in [-0.15, -0.1) is 0 Å². The number of aryl methyl sites for hydroxylation is 2. The van der Waals surface area contributed by atoms with Gasteiger partial charge in [-0.1, -0.05) is 18.2 Å². The molecule has 1 fully saturated rings. The smallest absolute Gasteiger partial charge is 0.178 e. The van der Waals surface area contributed by atoms with Crippen LogP contribution in [0.5, 0.6) is 0 Å². The molecule has 6 nitrogen and oxygen atoms in total. The number of benzene rings is 1. The van der Waals surface area contributed by atoms with Crippen LogP contribution in [0.1, 0.15) is 30.9 Å². The second-order valence-electron chi connectivity index (χ2n) is 5.64. The fraction of sp³-hybridized carbons (Fsp3) is 0.500. The van der Waals surface area contributed by atoms with Gasteiger partial charge in [-0.3, -0.25) is 4.68 Å². The second kappa shape index (κ2) is 6.80. The van der Waals surface area contributed by atoms with Gasteiger partial charge in [-0.2, -0.15) is 5.10 Å². The SMILES string of the molecule is CCn1nc([C@@H]2CCOC2)nc1CCS(=O)(=O)c1ccccc1. The van der Waals surface area contributed by atoms with E-state index in [9.17, 15) is 8.42 Å². The van der Waals surface area contributed by atoms with E-state index in [1.165, 1.54) is 0 Å². The number of sulfone groups is 1. The van der Waals surface area contributed by atoms with Gasteiger partial charge in [-0.05, 0) is 25.5 Å². The molecule has 2 heterocycles. The lowest BCUT2D eigenvalue weighted by atomic mass is 10.1. The molecule has 1 saturated heterocycles. The van der Waals surface area contributed by atoms with Gasteiger partial charge in [0, 0.05) is 25.5 Å². The molecule has 7 heteroatoms. The van der Waals surface area contributed by atoms with Crippen molar-refractivity contribution >= 4 is 9.84 Å². The molecule has 23 heavy (non-hydrogen) atoms. The van der Waals surface area contributed by atoms with Crippen LogP contribution in [-0.4, -0.2) is 42.1 Å². The molecule has 1 aromatic heterocycles. The fourth-order valence-corrected chi connectivity index (χ4v) is 3.97. The molecular formula is C16H21N3O3S. The lowest BCUT2D eigenvalue weighted by Crippen LogP contribution is -2.13. The Bertz CT molecular complexity index is 750. The summed E-state index contributed by atoms with van der Waals surface area (Å²) in [6, 6.07) is 8.53. The zero-order valence-electron chi connectivity index (χ0n) is 13.2. The van der Waals surface area contributed by atoms with Gasteiger partial charge in [0.1, 0.15) is 5.82 Å². The van der Waals surface area contributed by atoms with E-state index in [0.29, 0.717) is 24.5 Å². The molecule has 0 bridgehead atoms. The molecule has 0 spiro atoms. The predicted molar refractivity (Wildman–Crippen MR) is 86.1 cm³/mol. The summed E-state index contributed by atoms with van der Waals surface area (Å²) in [5, 5.41) is 4.51. The third-order valence-corrected chi connectivity index (χ3v) is 5.79. The molecule has 2 aromatic rings. The molecule has 1 atom stereocenters. The van der Waals surface area contributed by atoms with Crippen molar-refractivity contribution in [2.75, 3.05) is 19.0 Å². The van der Waals surface area contributed by atoms with Gasteiger partial charge in [0.2, 0.25) is 0 Å². The van der Waals surface area contributed by atoms with Crippen LogP contribution in [0.4, 0.5) is 0 Å². The van der Waals surface area contributed by atoms with Gasteiger partial charge in [0.25, 0.3) is 0 Å². The third-order valence-electron chi connectivity index (χ3n) is 4.06. The Balaban J connectivity index is 1.75. The van der Waals surface area contributed by atoms with Crippen LogP contribution in [0.15, 0.2) is 35.2 Å². The highest BCUT2D eigenvalue weighted by molar-refractivity contribution is 7.91. The number of rotatable bonds is 6. The minimum absolute atomic E-state index is 0.0380. The molecular weight excluding hydrogens is 314 g/mol. The number of nitrogens with zero attached hydrogens (tertiary/aromatic N) is 3. The average molecular weight is 335 g/mol. The summed E-state index contributed by atoms with van der Waals surface area (Å²) in [6.07, 6.45) is 1.29. The maximum absolute atomic E-state index is 12.4. The highest BCUT2D eigenvalue weighted by atomic mass is 32.2. The Morgan fingerprint density at radius 1 is 1.30 bits per heavy atom. The summed E-state index contributed by atoms with van der Waals surface area (Å²) in [7, 11) is -3.30. The number of ether oxygens (including phenoxy) is 1.